The highest BCUT2D eigenvalue weighted by Crippen LogP contribution is 2.30. The molecular weight excluding hydrogens is 421 g/mol. The number of aliphatic hydroxyl groups excluding tert-OH is 1. The standard InChI is InChI=1S/C20H23F3N2O4S/c1-19(2,3)13-7-9-16(10-8-13)30(28,29)25-17(12-26)18(27)24-15-6-4-5-14(11-15)20(21,22)23/h4-11,17,25-26H,12H2,1-3H3,(H,24,27)/t17-/m0/s1. The van der Waals surface area contributed by atoms with E-state index >= 15 is 0 Å². The molecule has 0 radical (unpaired) electrons. The van der Waals surface area contributed by atoms with Crippen LogP contribution in [0.15, 0.2) is 53.4 Å². The molecule has 0 bridgehead atoms. The fourth-order valence-corrected chi connectivity index (χ4v) is 3.75. The molecule has 0 aliphatic heterocycles. The van der Waals surface area contributed by atoms with Gasteiger partial charge in [-0.1, -0.05) is 39.0 Å². The van der Waals surface area contributed by atoms with Crippen LogP contribution in [0.5, 0.6) is 0 Å². The average Bonchev–Trinajstić information content (AvgIpc) is 2.65. The summed E-state index contributed by atoms with van der Waals surface area (Å²) in [7, 11) is -4.15. The zero-order valence-electron chi connectivity index (χ0n) is 16.6. The summed E-state index contributed by atoms with van der Waals surface area (Å²) in [6.07, 6.45) is -4.60. The summed E-state index contributed by atoms with van der Waals surface area (Å²) in [5, 5.41) is 11.6. The quantitative estimate of drug-likeness (QED) is 0.637. The molecule has 10 heteroatoms. The molecule has 2 aromatic carbocycles. The summed E-state index contributed by atoms with van der Waals surface area (Å²) in [5.41, 5.74) is -0.432. The summed E-state index contributed by atoms with van der Waals surface area (Å²) < 4.78 is 65.6. The smallest absolute Gasteiger partial charge is 0.394 e. The summed E-state index contributed by atoms with van der Waals surface area (Å²) in [6, 6.07) is 8.33. The summed E-state index contributed by atoms with van der Waals surface area (Å²) >= 11 is 0. The molecule has 0 unspecified atom stereocenters. The molecule has 2 aromatic rings. The van der Waals surface area contributed by atoms with Crippen molar-refractivity contribution in [3.8, 4) is 0 Å². The van der Waals surface area contributed by atoms with E-state index in [1.165, 1.54) is 18.2 Å². The van der Waals surface area contributed by atoms with Gasteiger partial charge in [0, 0.05) is 5.69 Å². The number of aliphatic hydroxyl groups is 1. The number of hydrogen-bond acceptors (Lipinski definition) is 4. The molecule has 0 fully saturated rings. The number of alkyl halides is 3. The Labute approximate surface area is 173 Å². The highest BCUT2D eigenvalue weighted by atomic mass is 32.2. The van der Waals surface area contributed by atoms with Crippen molar-refractivity contribution in [2.75, 3.05) is 11.9 Å². The van der Waals surface area contributed by atoms with Crippen LogP contribution in [-0.4, -0.2) is 32.1 Å². The van der Waals surface area contributed by atoms with Crippen LogP contribution < -0.4 is 10.0 Å². The van der Waals surface area contributed by atoms with Gasteiger partial charge in [-0.15, -0.1) is 0 Å². The summed E-state index contributed by atoms with van der Waals surface area (Å²) in [5.74, 6) is -0.994. The third kappa shape index (κ3) is 6.04. The molecule has 0 aliphatic carbocycles. The van der Waals surface area contributed by atoms with Gasteiger partial charge in [-0.25, -0.2) is 8.42 Å². The normalized spacial score (nSPS) is 13.7. The van der Waals surface area contributed by atoms with Gasteiger partial charge in [0.15, 0.2) is 0 Å². The fourth-order valence-electron chi connectivity index (χ4n) is 2.57. The van der Waals surface area contributed by atoms with E-state index in [4.69, 9.17) is 0 Å². The molecule has 30 heavy (non-hydrogen) atoms. The number of nitrogens with one attached hydrogen (secondary N) is 2. The molecule has 3 N–H and O–H groups in total. The van der Waals surface area contributed by atoms with E-state index in [0.29, 0.717) is 6.07 Å². The van der Waals surface area contributed by atoms with Gasteiger partial charge in [0.25, 0.3) is 0 Å². The van der Waals surface area contributed by atoms with Crippen molar-refractivity contribution in [3.05, 3.63) is 59.7 Å². The third-order valence-electron chi connectivity index (χ3n) is 4.28. The summed E-state index contributed by atoms with van der Waals surface area (Å²) in [4.78, 5) is 12.2. The second-order valence-corrected chi connectivity index (χ2v) is 9.41. The topological polar surface area (TPSA) is 95.5 Å². The molecule has 0 saturated carbocycles. The van der Waals surface area contributed by atoms with Crippen LogP contribution in [0.25, 0.3) is 0 Å². The van der Waals surface area contributed by atoms with Crippen LogP contribution in [0, 0.1) is 0 Å². The van der Waals surface area contributed by atoms with Gasteiger partial charge in [-0.3, -0.25) is 4.79 Å². The number of hydrogen-bond donors (Lipinski definition) is 3. The Morgan fingerprint density at radius 2 is 1.63 bits per heavy atom. The predicted molar refractivity (Wildman–Crippen MR) is 106 cm³/mol. The highest BCUT2D eigenvalue weighted by Gasteiger charge is 2.31. The number of carbonyl (C=O) groups excluding carboxylic acids is 1. The molecule has 1 amide bonds. The second kappa shape index (κ2) is 8.75. The van der Waals surface area contributed by atoms with Crippen molar-refractivity contribution in [3.63, 3.8) is 0 Å². The Morgan fingerprint density at radius 3 is 2.13 bits per heavy atom. The Balaban J connectivity index is 2.16. The van der Waals surface area contributed by atoms with Crippen LogP contribution >= 0.6 is 0 Å². The molecule has 6 nitrogen and oxygen atoms in total. The predicted octanol–water partition coefficient (Wildman–Crippen LogP) is 3.28. The van der Waals surface area contributed by atoms with Crippen molar-refractivity contribution in [1.82, 2.24) is 4.72 Å². The van der Waals surface area contributed by atoms with Crippen LogP contribution in [-0.2, 0) is 26.4 Å². The molecule has 0 aromatic heterocycles. The zero-order chi connectivity index (χ0) is 22.7. The van der Waals surface area contributed by atoms with Crippen molar-refractivity contribution in [1.29, 1.82) is 0 Å². The number of anilines is 1. The van der Waals surface area contributed by atoms with E-state index in [9.17, 15) is 31.5 Å². The molecule has 0 saturated heterocycles. The van der Waals surface area contributed by atoms with Crippen molar-refractivity contribution >= 4 is 21.6 Å². The number of halogens is 3. The third-order valence-corrected chi connectivity index (χ3v) is 5.77. The van der Waals surface area contributed by atoms with E-state index in [1.807, 2.05) is 20.8 Å². The number of carbonyl (C=O) groups is 1. The first-order chi connectivity index (χ1) is 13.7. The maximum atomic E-state index is 12.8. The lowest BCUT2D eigenvalue weighted by atomic mass is 9.87. The van der Waals surface area contributed by atoms with Gasteiger partial charge >= 0.3 is 6.18 Å². The highest BCUT2D eigenvalue weighted by molar-refractivity contribution is 7.89. The van der Waals surface area contributed by atoms with E-state index in [2.05, 4.69) is 10.0 Å². The summed E-state index contributed by atoms with van der Waals surface area (Å²) in [6.45, 7) is 5.02. The van der Waals surface area contributed by atoms with E-state index < -0.39 is 40.3 Å². The lowest BCUT2D eigenvalue weighted by molar-refractivity contribution is -0.137. The molecule has 1 atom stereocenters. The number of sulfonamides is 1. The van der Waals surface area contributed by atoms with Crippen molar-refractivity contribution in [2.45, 2.75) is 43.3 Å². The molecule has 0 heterocycles. The van der Waals surface area contributed by atoms with Gasteiger partial charge in [0.05, 0.1) is 17.1 Å². The van der Waals surface area contributed by atoms with E-state index in [1.54, 1.807) is 12.1 Å². The first-order valence-electron chi connectivity index (χ1n) is 8.96. The van der Waals surface area contributed by atoms with E-state index in [-0.39, 0.29) is 16.0 Å². The Hall–Kier alpha value is -2.43. The van der Waals surface area contributed by atoms with Crippen LogP contribution in [0.1, 0.15) is 31.9 Å². The van der Waals surface area contributed by atoms with Gasteiger partial charge in [-0.2, -0.15) is 17.9 Å². The molecule has 2 rings (SSSR count). The van der Waals surface area contributed by atoms with E-state index in [0.717, 1.165) is 17.7 Å². The first kappa shape index (κ1) is 23.8. The lowest BCUT2D eigenvalue weighted by Crippen LogP contribution is -2.46. The number of rotatable bonds is 6. The number of benzene rings is 2. The molecular formula is C20H23F3N2O4S. The lowest BCUT2D eigenvalue weighted by Gasteiger charge is -2.20. The van der Waals surface area contributed by atoms with Gasteiger partial charge in [0.2, 0.25) is 15.9 Å². The second-order valence-electron chi connectivity index (χ2n) is 7.70. The van der Waals surface area contributed by atoms with Crippen LogP contribution in [0.3, 0.4) is 0 Å². The average molecular weight is 444 g/mol. The Kier molecular flexibility index (Phi) is 6.95. The van der Waals surface area contributed by atoms with Gasteiger partial charge < -0.3 is 10.4 Å². The minimum absolute atomic E-state index is 0.110. The minimum Gasteiger partial charge on any atom is -0.394 e. The molecule has 0 spiro atoms. The molecule has 0 aliphatic rings. The number of amides is 1. The Bertz CT molecular complexity index is 998. The maximum absolute atomic E-state index is 12.8. The van der Waals surface area contributed by atoms with Crippen LogP contribution in [0.4, 0.5) is 18.9 Å². The SMILES string of the molecule is CC(C)(C)c1ccc(S(=O)(=O)N[C@@H](CO)C(=O)Nc2cccc(C(F)(F)F)c2)cc1. The van der Waals surface area contributed by atoms with Crippen LogP contribution in [0.2, 0.25) is 0 Å². The minimum atomic E-state index is -4.60. The van der Waals surface area contributed by atoms with Gasteiger partial charge in [0.1, 0.15) is 6.04 Å². The molecule has 164 valence electrons. The first-order valence-corrected chi connectivity index (χ1v) is 10.4. The fraction of sp³-hybridized carbons (Fsp3) is 0.350. The maximum Gasteiger partial charge on any atom is 0.416 e. The van der Waals surface area contributed by atoms with Crippen molar-refractivity contribution < 1.29 is 31.5 Å². The van der Waals surface area contributed by atoms with Crippen molar-refractivity contribution in [2.24, 2.45) is 0 Å². The zero-order valence-corrected chi connectivity index (χ0v) is 17.4. The monoisotopic (exact) mass is 444 g/mol. The Morgan fingerprint density at radius 1 is 1.03 bits per heavy atom. The largest absolute Gasteiger partial charge is 0.416 e. The van der Waals surface area contributed by atoms with Gasteiger partial charge in [-0.05, 0) is 41.3 Å².